The third-order valence-corrected chi connectivity index (χ3v) is 3.38. The number of carbonyl (C=O) groups excluding carboxylic acids is 1. The number of carbonyl (C=O) groups is 1. The molecule has 0 bridgehead atoms. The van der Waals surface area contributed by atoms with Crippen molar-refractivity contribution in [3.05, 3.63) is 53.5 Å². The van der Waals surface area contributed by atoms with Crippen LogP contribution in [0.2, 0.25) is 0 Å². The summed E-state index contributed by atoms with van der Waals surface area (Å²) in [6, 6.07) is 9.07. The van der Waals surface area contributed by atoms with E-state index in [0.29, 0.717) is 5.75 Å². The van der Waals surface area contributed by atoms with Crippen LogP contribution in [0.15, 0.2) is 36.4 Å². The molecule has 3 rings (SSSR count). The van der Waals surface area contributed by atoms with Crippen LogP contribution in [0.5, 0.6) is 11.5 Å². The molecule has 23 heavy (non-hydrogen) atoms. The lowest BCUT2D eigenvalue weighted by molar-refractivity contribution is 0.0523. The molecule has 0 saturated heterocycles. The van der Waals surface area contributed by atoms with E-state index in [9.17, 15) is 9.18 Å². The summed E-state index contributed by atoms with van der Waals surface area (Å²) in [7, 11) is 0. The zero-order valence-corrected chi connectivity index (χ0v) is 12.7. The van der Waals surface area contributed by atoms with E-state index in [1.807, 2.05) is 13.0 Å². The lowest BCUT2D eigenvalue weighted by Gasteiger charge is -2.11. The van der Waals surface area contributed by atoms with E-state index < -0.39 is 11.8 Å². The predicted octanol–water partition coefficient (Wildman–Crippen LogP) is 3.98. The molecule has 0 saturated carbocycles. The Morgan fingerprint density at radius 1 is 1.26 bits per heavy atom. The fourth-order valence-electron chi connectivity index (χ4n) is 2.35. The number of nitrogens with one attached hydrogen (secondary N) is 1. The molecule has 1 N–H and O–H groups in total. The highest BCUT2D eigenvalue weighted by Crippen LogP contribution is 2.33. The second-order valence-corrected chi connectivity index (χ2v) is 4.96. The molecular weight excluding hydrogens is 299 g/mol. The minimum Gasteiger partial charge on any atom is -0.462 e. The SMILES string of the molecule is CCOC(=O)c1ccc(F)cc1Oc1cccc2n[nH]c(C)c12. The summed E-state index contributed by atoms with van der Waals surface area (Å²) < 4.78 is 24.4. The van der Waals surface area contributed by atoms with E-state index in [1.54, 1.807) is 19.1 Å². The fraction of sp³-hybridized carbons (Fsp3) is 0.176. The highest BCUT2D eigenvalue weighted by atomic mass is 19.1. The molecule has 0 unspecified atom stereocenters. The van der Waals surface area contributed by atoms with Gasteiger partial charge < -0.3 is 9.47 Å². The highest BCUT2D eigenvalue weighted by Gasteiger charge is 2.17. The number of rotatable bonds is 4. The number of hydrogen-bond donors (Lipinski definition) is 1. The number of hydrogen-bond acceptors (Lipinski definition) is 4. The molecule has 0 spiro atoms. The van der Waals surface area contributed by atoms with Crippen molar-refractivity contribution in [1.82, 2.24) is 10.2 Å². The third-order valence-electron chi connectivity index (χ3n) is 3.38. The van der Waals surface area contributed by atoms with Gasteiger partial charge in [-0.25, -0.2) is 9.18 Å². The first-order chi connectivity index (χ1) is 11.1. The van der Waals surface area contributed by atoms with Crippen LogP contribution in [0.4, 0.5) is 4.39 Å². The van der Waals surface area contributed by atoms with Gasteiger partial charge in [0.25, 0.3) is 0 Å². The molecule has 0 aliphatic rings. The van der Waals surface area contributed by atoms with Gasteiger partial charge in [-0.3, -0.25) is 5.10 Å². The van der Waals surface area contributed by atoms with Crippen molar-refractivity contribution in [1.29, 1.82) is 0 Å². The van der Waals surface area contributed by atoms with Crippen molar-refractivity contribution in [2.24, 2.45) is 0 Å². The number of halogens is 1. The standard InChI is InChI=1S/C17H15FN2O3/c1-3-22-17(21)12-8-7-11(18)9-15(12)23-14-6-4-5-13-16(14)10(2)19-20-13/h4-9H,3H2,1-2H3,(H,19,20). The zero-order valence-electron chi connectivity index (χ0n) is 12.7. The predicted molar refractivity (Wildman–Crippen MR) is 83.3 cm³/mol. The van der Waals surface area contributed by atoms with E-state index in [2.05, 4.69) is 10.2 Å². The molecule has 3 aromatic rings. The quantitative estimate of drug-likeness (QED) is 0.740. The molecule has 0 aliphatic heterocycles. The normalized spacial score (nSPS) is 10.7. The van der Waals surface area contributed by atoms with Gasteiger partial charge in [0, 0.05) is 11.8 Å². The largest absolute Gasteiger partial charge is 0.462 e. The van der Waals surface area contributed by atoms with E-state index >= 15 is 0 Å². The van der Waals surface area contributed by atoms with Crippen LogP contribution in [0.1, 0.15) is 23.0 Å². The maximum absolute atomic E-state index is 13.6. The summed E-state index contributed by atoms with van der Waals surface area (Å²) in [5.74, 6) is -0.454. The average molecular weight is 314 g/mol. The minimum atomic E-state index is -0.557. The van der Waals surface area contributed by atoms with E-state index in [0.717, 1.165) is 16.6 Å². The first-order valence-corrected chi connectivity index (χ1v) is 7.18. The summed E-state index contributed by atoms with van der Waals surface area (Å²) in [5, 5.41) is 7.81. The molecule has 0 amide bonds. The van der Waals surface area contributed by atoms with Crippen LogP contribution in [-0.4, -0.2) is 22.8 Å². The van der Waals surface area contributed by atoms with Crippen molar-refractivity contribution in [2.45, 2.75) is 13.8 Å². The highest BCUT2D eigenvalue weighted by molar-refractivity contribution is 5.93. The topological polar surface area (TPSA) is 64.2 Å². The third kappa shape index (κ3) is 2.88. The Kier molecular flexibility index (Phi) is 3.97. The summed E-state index contributed by atoms with van der Waals surface area (Å²) in [6.45, 7) is 3.80. The summed E-state index contributed by atoms with van der Waals surface area (Å²) in [6.07, 6.45) is 0. The summed E-state index contributed by atoms with van der Waals surface area (Å²) >= 11 is 0. The minimum absolute atomic E-state index is 0.108. The molecule has 0 fully saturated rings. The number of aryl methyl sites for hydroxylation is 1. The first-order valence-electron chi connectivity index (χ1n) is 7.18. The van der Waals surface area contributed by atoms with Gasteiger partial charge in [-0.1, -0.05) is 6.07 Å². The molecule has 1 aromatic heterocycles. The molecule has 0 atom stereocenters. The van der Waals surface area contributed by atoms with Gasteiger partial charge in [0.1, 0.15) is 22.9 Å². The molecule has 0 radical (unpaired) electrons. The van der Waals surface area contributed by atoms with Crippen molar-refractivity contribution in [2.75, 3.05) is 6.61 Å². The van der Waals surface area contributed by atoms with Gasteiger partial charge in [0.2, 0.25) is 0 Å². The van der Waals surface area contributed by atoms with Gasteiger partial charge in [0.05, 0.1) is 17.5 Å². The second kappa shape index (κ2) is 6.08. The van der Waals surface area contributed by atoms with E-state index in [4.69, 9.17) is 9.47 Å². The number of ether oxygens (including phenoxy) is 2. The number of esters is 1. The number of fused-ring (bicyclic) bond motifs is 1. The molecule has 6 heteroatoms. The molecule has 118 valence electrons. The van der Waals surface area contributed by atoms with Gasteiger partial charge in [0.15, 0.2) is 0 Å². The smallest absolute Gasteiger partial charge is 0.341 e. The molecule has 2 aromatic carbocycles. The molecule has 1 heterocycles. The van der Waals surface area contributed by atoms with Crippen LogP contribution in [0.25, 0.3) is 10.9 Å². The van der Waals surface area contributed by atoms with Gasteiger partial charge in [-0.15, -0.1) is 0 Å². The monoisotopic (exact) mass is 314 g/mol. The fourth-order valence-corrected chi connectivity index (χ4v) is 2.35. The van der Waals surface area contributed by atoms with Crippen molar-refractivity contribution >= 4 is 16.9 Å². The van der Waals surface area contributed by atoms with E-state index in [1.165, 1.54) is 18.2 Å². The summed E-state index contributed by atoms with van der Waals surface area (Å²) in [5.41, 5.74) is 1.73. The van der Waals surface area contributed by atoms with Crippen molar-refractivity contribution in [3.8, 4) is 11.5 Å². The number of benzene rings is 2. The number of nitrogens with zero attached hydrogens (tertiary/aromatic N) is 1. The van der Waals surface area contributed by atoms with Crippen LogP contribution in [-0.2, 0) is 4.74 Å². The Balaban J connectivity index is 2.06. The van der Waals surface area contributed by atoms with Gasteiger partial charge in [-0.05, 0) is 38.1 Å². The Morgan fingerprint density at radius 3 is 2.87 bits per heavy atom. The maximum Gasteiger partial charge on any atom is 0.341 e. The van der Waals surface area contributed by atoms with Crippen molar-refractivity contribution in [3.63, 3.8) is 0 Å². The summed E-state index contributed by atoms with van der Waals surface area (Å²) in [4.78, 5) is 12.0. The Hall–Kier alpha value is -2.89. The van der Waals surface area contributed by atoms with Gasteiger partial charge in [-0.2, -0.15) is 5.10 Å². The Labute approximate surface area is 132 Å². The Morgan fingerprint density at radius 2 is 2.09 bits per heavy atom. The molecular formula is C17H15FN2O3. The lowest BCUT2D eigenvalue weighted by atomic mass is 10.1. The van der Waals surface area contributed by atoms with Crippen LogP contribution < -0.4 is 4.74 Å². The van der Waals surface area contributed by atoms with Crippen LogP contribution in [0, 0.1) is 12.7 Å². The average Bonchev–Trinajstić information content (AvgIpc) is 2.90. The number of H-pyrrole nitrogens is 1. The van der Waals surface area contributed by atoms with Crippen LogP contribution >= 0.6 is 0 Å². The van der Waals surface area contributed by atoms with Gasteiger partial charge >= 0.3 is 5.97 Å². The number of aromatic nitrogens is 2. The maximum atomic E-state index is 13.6. The second-order valence-electron chi connectivity index (χ2n) is 4.96. The van der Waals surface area contributed by atoms with Crippen molar-refractivity contribution < 1.29 is 18.7 Å². The van der Waals surface area contributed by atoms with E-state index in [-0.39, 0.29) is 17.9 Å². The molecule has 0 aliphatic carbocycles. The van der Waals surface area contributed by atoms with Crippen LogP contribution in [0.3, 0.4) is 0 Å². The number of aromatic amines is 1. The molecule has 5 nitrogen and oxygen atoms in total. The lowest BCUT2D eigenvalue weighted by Crippen LogP contribution is -2.06. The Bertz CT molecular complexity index is 873. The first kappa shape index (κ1) is 15.0. The zero-order chi connectivity index (χ0) is 16.4.